The molecule has 1 aromatic carbocycles. The minimum atomic E-state index is -2.98. The van der Waals surface area contributed by atoms with Gasteiger partial charge in [-0.2, -0.15) is 8.78 Å². The summed E-state index contributed by atoms with van der Waals surface area (Å²) >= 11 is 6.43. The van der Waals surface area contributed by atoms with Crippen molar-refractivity contribution in [2.24, 2.45) is 0 Å². The van der Waals surface area contributed by atoms with E-state index in [1.54, 1.807) is 6.07 Å². The summed E-state index contributed by atoms with van der Waals surface area (Å²) in [5, 5.41) is 9.43. The van der Waals surface area contributed by atoms with E-state index in [-0.39, 0.29) is 20.9 Å². The average molecular weight is 306 g/mol. The maximum absolute atomic E-state index is 12.2. The molecule has 2 aromatic rings. The molecule has 0 aliphatic heterocycles. The van der Waals surface area contributed by atoms with Crippen molar-refractivity contribution in [1.29, 1.82) is 0 Å². The fourth-order valence-corrected chi connectivity index (χ4v) is 1.97. The third kappa shape index (κ3) is 3.58. The third-order valence-electron chi connectivity index (χ3n) is 1.95. The van der Waals surface area contributed by atoms with Crippen LogP contribution in [0.1, 0.15) is 9.80 Å². The standard InChI is InChI=1S/C10H6ClF2N3O2S/c11-9-16-15-8(19-9)7(17)14-5-3-1-2-4-6(5)18-10(12)13/h1-4,10H,(H,14,17). The molecule has 0 aliphatic carbocycles. The fraction of sp³-hybridized carbons (Fsp3) is 0.100. The Morgan fingerprint density at radius 2 is 2.11 bits per heavy atom. The number of benzene rings is 1. The second-order valence-corrected chi connectivity index (χ2v) is 4.75. The number of nitrogens with one attached hydrogen (secondary N) is 1. The number of amides is 1. The van der Waals surface area contributed by atoms with Crippen LogP contribution < -0.4 is 10.1 Å². The highest BCUT2D eigenvalue weighted by atomic mass is 35.5. The monoisotopic (exact) mass is 305 g/mol. The number of nitrogens with zero attached hydrogens (tertiary/aromatic N) is 2. The lowest BCUT2D eigenvalue weighted by Crippen LogP contribution is -2.13. The van der Waals surface area contributed by atoms with Crippen LogP contribution in [0.4, 0.5) is 14.5 Å². The number of carbonyl (C=O) groups is 1. The highest BCUT2D eigenvalue weighted by molar-refractivity contribution is 7.17. The van der Waals surface area contributed by atoms with Gasteiger partial charge in [-0.15, -0.1) is 10.2 Å². The molecule has 0 radical (unpaired) electrons. The number of ether oxygens (including phenoxy) is 1. The highest BCUT2D eigenvalue weighted by Gasteiger charge is 2.15. The predicted molar refractivity (Wildman–Crippen MR) is 65.9 cm³/mol. The lowest BCUT2D eigenvalue weighted by atomic mass is 10.3. The fourth-order valence-electron chi connectivity index (χ4n) is 1.24. The molecular weight excluding hydrogens is 300 g/mol. The summed E-state index contributed by atoms with van der Waals surface area (Å²) < 4.78 is 28.8. The zero-order valence-electron chi connectivity index (χ0n) is 9.14. The molecule has 2 rings (SSSR count). The van der Waals surface area contributed by atoms with Crippen LogP contribution in [-0.2, 0) is 0 Å². The van der Waals surface area contributed by atoms with Crippen molar-refractivity contribution < 1.29 is 18.3 Å². The molecule has 0 spiro atoms. The second kappa shape index (κ2) is 5.89. The summed E-state index contributed by atoms with van der Waals surface area (Å²) in [6.07, 6.45) is 0. The summed E-state index contributed by atoms with van der Waals surface area (Å²) in [5.41, 5.74) is 0.110. The molecule has 0 unspecified atom stereocenters. The maximum atomic E-state index is 12.2. The smallest absolute Gasteiger partial charge is 0.387 e. The number of hydrogen-bond acceptors (Lipinski definition) is 5. The number of para-hydroxylation sites is 2. The number of alkyl halides is 2. The Morgan fingerprint density at radius 3 is 2.74 bits per heavy atom. The number of anilines is 1. The molecule has 0 aliphatic rings. The van der Waals surface area contributed by atoms with Gasteiger partial charge in [0.1, 0.15) is 5.75 Å². The second-order valence-electron chi connectivity index (χ2n) is 3.19. The third-order valence-corrected chi connectivity index (χ3v) is 2.96. The first kappa shape index (κ1) is 13.6. The lowest BCUT2D eigenvalue weighted by molar-refractivity contribution is -0.0493. The van der Waals surface area contributed by atoms with Gasteiger partial charge in [0.2, 0.25) is 9.47 Å². The van der Waals surface area contributed by atoms with E-state index in [2.05, 4.69) is 20.3 Å². The molecule has 9 heteroatoms. The summed E-state index contributed by atoms with van der Waals surface area (Å²) in [5.74, 6) is -0.740. The van der Waals surface area contributed by atoms with Crippen LogP contribution in [0.5, 0.6) is 5.75 Å². The van der Waals surface area contributed by atoms with Crippen molar-refractivity contribution in [3.8, 4) is 5.75 Å². The largest absolute Gasteiger partial charge is 0.433 e. The topological polar surface area (TPSA) is 64.1 Å². The van der Waals surface area contributed by atoms with E-state index >= 15 is 0 Å². The molecule has 5 nitrogen and oxygen atoms in total. The molecule has 1 aromatic heterocycles. The Balaban J connectivity index is 2.16. The molecule has 100 valence electrons. The molecule has 0 atom stereocenters. The van der Waals surface area contributed by atoms with E-state index < -0.39 is 12.5 Å². The van der Waals surface area contributed by atoms with E-state index in [0.29, 0.717) is 0 Å². The van der Waals surface area contributed by atoms with E-state index in [1.165, 1.54) is 18.2 Å². The van der Waals surface area contributed by atoms with Crippen LogP contribution in [0.25, 0.3) is 0 Å². The zero-order chi connectivity index (χ0) is 13.8. The number of hydrogen-bond donors (Lipinski definition) is 1. The first-order chi connectivity index (χ1) is 9.06. The van der Waals surface area contributed by atoms with Gasteiger partial charge in [0.05, 0.1) is 5.69 Å². The van der Waals surface area contributed by atoms with E-state index in [0.717, 1.165) is 11.3 Å². The van der Waals surface area contributed by atoms with Gasteiger partial charge in [0, 0.05) is 0 Å². The summed E-state index contributed by atoms with van der Waals surface area (Å²) in [6.45, 7) is -2.98. The first-order valence-electron chi connectivity index (χ1n) is 4.90. The maximum Gasteiger partial charge on any atom is 0.387 e. The summed E-state index contributed by atoms with van der Waals surface area (Å²) in [6, 6.07) is 5.82. The zero-order valence-corrected chi connectivity index (χ0v) is 10.7. The molecule has 0 saturated carbocycles. The van der Waals surface area contributed by atoms with Crippen LogP contribution >= 0.6 is 22.9 Å². The minimum absolute atomic E-state index is 0.0249. The van der Waals surface area contributed by atoms with Crippen molar-refractivity contribution >= 4 is 34.5 Å². The molecule has 1 amide bonds. The van der Waals surface area contributed by atoms with Crippen molar-refractivity contribution in [3.63, 3.8) is 0 Å². The summed E-state index contributed by atoms with van der Waals surface area (Å²) in [7, 11) is 0. The Labute approximate surface area is 115 Å². The molecule has 0 bridgehead atoms. The Kier molecular flexibility index (Phi) is 4.23. The molecule has 1 heterocycles. The van der Waals surface area contributed by atoms with Gasteiger partial charge in [0.25, 0.3) is 5.91 Å². The van der Waals surface area contributed by atoms with E-state index in [9.17, 15) is 13.6 Å². The normalized spacial score (nSPS) is 10.5. The van der Waals surface area contributed by atoms with Crippen molar-refractivity contribution in [3.05, 3.63) is 33.7 Å². The van der Waals surface area contributed by atoms with Crippen molar-refractivity contribution in [2.45, 2.75) is 6.61 Å². The van der Waals surface area contributed by atoms with Crippen LogP contribution in [0.3, 0.4) is 0 Å². The van der Waals surface area contributed by atoms with Gasteiger partial charge in [-0.25, -0.2) is 0 Å². The number of aromatic nitrogens is 2. The Bertz CT molecular complexity index is 594. The van der Waals surface area contributed by atoms with Gasteiger partial charge in [-0.3, -0.25) is 4.79 Å². The predicted octanol–water partition coefficient (Wildman–Crippen LogP) is 3.05. The molecule has 19 heavy (non-hydrogen) atoms. The Morgan fingerprint density at radius 1 is 1.37 bits per heavy atom. The van der Waals surface area contributed by atoms with E-state index in [4.69, 9.17) is 11.6 Å². The number of halogens is 3. The van der Waals surface area contributed by atoms with Crippen molar-refractivity contribution in [2.75, 3.05) is 5.32 Å². The average Bonchev–Trinajstić information content (AvgIpc) is 2.78. The van der Waals surface area contributed by atoms with Gasteiger partial charge in [-0.1, -0.05) is 23.5 Å². The van der Waals surface area contributed by atoms with E-state index in [1.807, 2.05) is 0 Å². The SMILES string of the molecule is O=C(Nc1ccccc1OC(F)F)c1nnc(Cl)s1. The van der Waals surface area contributed by atoms with Crippen LogP contribution in [0.15, 0.2) is 24.3 Å². The molecular formula is C10H6ClF2N3O2S. The lowest BCUT2D eigenvalue weighted by Gasteiger charge is -2.10. The van der Waals surface area contributed by atoms with Gasteiger partial charge in [-0.05, 0) is 23.7 Å². The highest BCUT2D eigenvalue weighted by Crippen LogP contribution is 2.26. The van der Waals surface area contributed by atoms with Crippen molar-refractivity contribution in [1.82, 2.24) is 10.2 Å². The first-order valence-corrected chi connectivity index (χ1v) is 6.10. The van der Waals surface area contributed by atoms with Crippen LogP contribution in [0, 0.1) is 0 Å². The number of rotatable bonds is 4. The Hall–Kier alpha value is -1.80. The van der Waals surface area contributed by atoms with Crippen LogP contribution in [-0.4, -0.2) is 22.7 Å². The van der Waals surface area contributed by atoms with Gasteiger partial charge >= 0.3 is 6.61 Å². The van der Waals surface area contributed by atoms with Gasteiger partial charge in [0.15, 0.2) is 0 Å². The quantitative estimate of drug-likeness (QED) is 0.943. The van der Waals surface area contributed by atoms with Crippen LogP contribution in [0.2, 0.25) is 4.47 Å². The molecule has 1 N–H and O–H groups in total. The number of carbonyl (C=O) groups excluding carboxylic acids is 1. The molecule has 0 saturated heterocycles. The molecule has 0 fully saturated rings. The summed E-state index contributed by atoms with van der Waals surface area (Å²) in [4.78, 5) is 11.8. The minimum Gasteiger partial charge on any atom is -0.433 e. The van der Waals surface area contributed by atoms with Gasteiger partial charge < -0.3 is 10.1 Å².